The Bertz CT molecular complexity index is 966. The number of anilines is 1. The zero-order valence-corrected chi connectivity index (χ0v) is 15.6. The number of esters is 1. The monoisotopic (exact) mass is 382 g/mol. The summed E-state index contributed by atoms with van der Waals surface area (Å²) in [5, 5.41) is 7.67. The molecule has 0 fully saturated rings. The van der Waals surface area contributed by atoms with Crippen LogP contribution in [0.15, 0.2) is 53.6 Å². The molecule has 1 atom stereocenters. The van der Waals surface area contributed by atoms with Gasteiger partial charge in [-0.05, 0) is 25.1 Å². The van der Waals surface area contributed by atoms with E-state index >= 15 is 0 Å². The fourth-order valence-electron chi connectivity index (χ4n) is 2.35. The van der Waals surface area contributed by atoms with Gasteiger partial charge in [0.2, 0.25) is 0 Å². The quantitative estimate of drug-likeness (QED) is 0.388. The summed E-state index contributed by atoms with van der Waals surface area (Å²) in [4.78, 5) is 28.4. The van der Waals surface area contributed by atoms with Gasteiger partial charge in [0.25, 0.3) is 5.91 Å². The largest absolute Gasteiger partial charge is 0.465 e. The Balaban J connectivity index is 1.62. The third kappa shape index (κ3) is 4.48. The number of benzene rings is 2. The van der Waals surface area contributed by atoms with Gasteiger partial charge in [0.1, 0.15) is 6.04 Å². The van der Waals surface area contributed by atoms with E-state index < -0.39 is 12.0 Å². The number of hydrogen-bond donors (Lipinski definition) is 2. The summed E-state index contributed by atoms with van der Waals surface area (Å²) in [6.07, 6.45) is 1.41. The molecule has 0 bridgehead atoms. The lowest BCUT2D eigenvalue weighted by molar-refractivity contribution is -0.121. The number of para-hydroxylation sites is 1. The fraction of sp³-hybridized carbons (Fsp3) is 0.158. The first-order chi connectivity index (χ1) is 13.1. The van der Waals surface area contributed by atoms with E-state index in [-0.39, 0.29) is 5.91 Å². The Labute approximate surface area is 160 Å². The van der Waals surface area contributed by atoms with E-state index in [4.69, 9.17) is 4.74 Å². The van der Waals surface area contributed by atoms with Crippen LogP contribution in [0.25, 0.3) is 10.2 Å². The highest BCUT2D eigenvalue weighted by Gasteiger charge is 2.14. The van der Waals surface area contributed by atoms with E-state index in [1.165, 1.54) is 24.7 Å². The van der Waals surface area contributed by atoms with Gasteiger partial charge in [-0.1, -0.05) is 41.7 Å². The van der Waals surface area contributed by atoms with Crippen LogP contribution in [0.5, 0.6) is 0 Å². The van der Waals surface area contributed by atoms with Crippen molar-refractivity contribution in [3.05, 3.63) is 59.7 Å². The maximum Gasteiger partial charge on any atom is 0.338 e. The van der Waals surface area contributed by atoms with E-state index in [1.807, 2.05) is 24.3 Å². The molecule has 7 nitrogen and oxygen atoms in total. The second kappa shape index (κ2) is 8.41. The summed E-state index contributed by atoms with van der Waals surface area (Å²) < 4.78 is 5.78. The van der Waals surface area contributed by atoms with E-state index in [0.717, 1.165) is 10.2 Å². The second-order valence-corrected chi connectivity index (χ2v) is 6.70. The van der Waals surface area contributed by atoms with Crippen molar-refractivity contribution in [2.24, 2.45) is 5.10 Å². The predicted octanol–water partition coefficient (Wildman–Crippen LogP) is 3.03. The molecule has 1 heterocycles. The first kappa shape index (κ1) is 18.5. The second-order valence-electron chi connectivity index (χ2n) is 5.67. The lowest BCUT2D eigenvalue weighted by Gasteiger charge is -2.10. The van der Waals surface area contributed by atoms with Crippen molar-refractivity contribution in [1.29, 1.82) is 0 Å². The van der Waals surface area contributed by atoms with E-state index in [1.54, 1.807) is 31.2 Å². The van der Waals surface area contributed by atoms with Crippen molar-refractivity contribution in [3.63, 3.8) is 0 Å². The molecular formula is C19H18N4O3S. The number of carbonyl (C=O) groups excluding carboxylic acids is 2. The normalized spacial score (nSPS) is 12.1. The van der Waals surface area contributed by atoms with Gasteiger partial charge in [-0.15, -0.1) is 0 Å². The minimum atomic E-state index is -0.529. The minimum absolute atomic E-state index is 0.318. The highest BCUT2D eigenvalue weighted by atomic mass is 32.1. The molecule has 0 saturated carbocycles. The molecule has 0 spiro atoms. The Morgan fingerprint density at radius 1 is 1.19 bits per heavy atom. The van der Waals surface area contributed by atoms with Gasteiger partial charge in [0.15, 0.2) is 5.13 Å². The maximum atomic E-state index is 12.2. The van der Waals surface area contributed by atoms with Crippen LogP contribution >= 0.6 is 11.3 Å². The molecule has 3 aromatic rings. The van der Waals surface area contributed by atoms with Crippen LogP contribution in [0.3, 0.4) is 0 Å². The number of ether oxygens (including phenoxy) is 1. The number of nitrogens with one attached hydrogen (secondary N) is 2. The smallest absolute Gasteiger partial charge is 0.338 e. The number of carbonyl (C=O) groups is 2. The van der Waals surface area contributed by atoms with Crippen LogP contribution in [0.1, 0.15) is 22.8 Å². The van der Waals surface area contributed by atoms with Gasteiger partial charge in [-0.2, -0.15) is 5.10 Å². The fourth-order valence-corrected chi connectivity index (χ4v) is 3.31. The lowest BCUT2D eigenvalue weighted by Crippen LogP contribution is -2.34. The molecule has 27 heavy (non-hydrogen) atoms. The molecule has 138 valence electrons. The predicted molar refractivity (Wildman–Crippen MR) is 106 cm³/mol. The van der Waals surface area contributed by atoms with E-state index in [2.05, 4.69) is 20.8 Å². The van der Waals surface area contributed by atoms with Gasteiger partial charge >= 0.3 is 5.97 Å². The summed E-state index contributed by atoms with van der Waals surface area (Å²) in [5.74, 6) is -0.782. The lowest BCUT2D eigenvalue weighted by atomic mass is 10.1. The zero-order chi connectivity index (χ0) is 19.2. The summed E-state index contributed by atoms with van der Waals surface area (Å²) in [6, 6.07) is 14.1. The minimum Gasteiger partial charge on any atom is -0.465 e. The number of nitrogens with zero attached hydrogens (tertiary/aromatic N) is 2. The van der Waals surface area contributed by atoms with Crippen LogP contribution in [0.2, 0.25) is 0 Å². The number of thiazole rings is 1. The number of hydrogen-bond acceptors (Lipinski definition) is 7. The van der Waals surface area contributed by atoms with Crippen LogP contribution in [0.4, 0.5) is 5.13 Å². The molecular weight excluding hydrogens is 364 g/mol. The summed E-state index contributed by atoms with van der Waals surface area (Å²) in [7, 11) is 1.31. The zero-order valence-electron chi connectivity index (χ0n) is 14.8. The number of methoxy groups -OCH3 is 1. The first-order valence-corrected chi connectivity index (χ1v) is 9.02. The van der Waals surface area contributed by atoms with Gasteiger partial charge in [0, 0.05) is 5.56 Å². The molecule has 2 N–H and O–H groups in total. The number of amides is 1. The van der Waals surface area contributed by atoms with Gasteiger partial charge in [0.05, 0.1) is 29.1 Å². The third-order valence-corrected chi connectivity index (χ3v) is 4.74. The molecule has 0 saturated heterocycles. The van der Waals surface area contributed by atoms with Crippen molar-refractivity contribution in [2.45, 2.75) is 13.0 Å². The standard InChI is InChI=1S/C19H18N4O3S/c1-12(21-19-22-15-9-5-6-10-16(15)27-19)17(24)23-20-11-13-7-3-4-8-14(13)18(25)26-2/h3-12H,1-2H3,(H,21,22)(H,23,24)/b20-11-/t12-/m1/s1. The summed E-state index contributed by atoms with van der Waals surface area (Å²) in [5.41, 5.74) is 4.27. The molecule has 1 aromatic heterocycles. The molecule has 0 radical (unpaired) electrons. The highest BCUT2D eigenvalue weighted by molar-refractivity contribution is 7.22. The number of hydrazone groups is 1. The van der Waals surface area contributed by atoms with Crippen LogP contribution in [0, 0.1) is 0 Å². The molecule has 2 aromatic carbocycles. The molecule has 3 rings (SSSR count). The molecule has 0 unspecified atom stereocenters. The van der Waals surface area contributed by atoms with Crippen molar-refractivity contribution in [1.82, 2.24) is 10.4 Å². The Morgan fingerprint density at radius 3 is 2.70 bits per heavy atom. The SMILES string of the molecule is COC(=O)c1ccccc1/C=N\NC(=O)[C@@H](C)Nc1nc2ccccc2s1. The van der Waals surface area contributed by atoms with Crippen LogP contribution in [-0.4, -0.2) is 36.2 Å². The first-order valence-electron chi connectivity index (χ1n) is 8.21. The number of aromatic nitrogens is 1. The molecule has 0 aliphatic carbocycles. The summed E-state index contributed by atoms with van der Waals surface area (Å²) in [6.45, 7) is 1.72. The van der Waals surface area contributed by atoms with E-state index in [9.17, 15) is 9.59 Å². The van der Waals surface area contributed by atoms with Gasteiger partial charge < -0.3 is 10.1 Å². The maximum absolute atomic E-state index is 12.2. The van der Waals surface area contributed by atoms with Gasteiger partial charge in [-0.3, -0.25) is 4.79 Å². The molecule has 8 heteroatoms. The van der Waals surface area contributed by atoms with Crippen molar-refractivity contribution < 1.29 is 14.3 Å². The Kier molecular flexibility index (Phi) is 5.77. The van der Waals surface area contributed by atoms with Crippen molar-refractivity contribution in [3.8, 4) is 0 Å². The van der Waals surface area contributed by atoms with E-state index in [0.29, 0.717) is 16.3 Å². The molecule has 1 amide bonds. The average molecular weight is 382 g/mol. The number of rotatable bonds is 6. The van der Waals surface area contributed by atoms with Crippen molar-refractivity contribution >= 4 is 44.8 Å². The molecule has 0 aliphatic rings. The average Bonchev–Trinajstić information content (AvgIpc) is 3.09. The topological polar surface area (TPSA) is 92.7 Å². The highest BCUT2D eigenvalue weighted by Crippen LogP contribution is 2.25. The van der Waals surface area contributed by atoms with Crippen LogP contribution in [-0.2, 0) is 9.53 Å². The Morgan fingerprint density at radius 2 is 1.93 bits per heavy atom. The van der Waals surface area contributed by atoms with Gasteiger partial charge in [-0.25, -0.2) is 15.2 Å². The van der Waals surface area contributed by atoms with Crippen molar-refractivity contribution in [2.75, 3.05) is 12.4 Å². The Hall–Kier alpha value is -3.26. The third-order valence-electron chi connectivity index (χ3n) is 3.77. The number of fused-ring (bicyclic) bond motifs is 1. The van der Waals surface area contributed by atoms with Crippen LogP contribution < -0.4 is 10.7 Å². The molecule has 0 aliphatic heterocycles. The summed E-state index contributed by atoms with van der Waals surface area (Å²) >= 11 is 1.48.